The zero-order valence-electron chi connectivity index (χ0n) is 19.0. The highest BCUT2D eigenvalue weighted by atomic mass is 32.1. The zero-order chi connectivity index (χ0) is 24.1. The summed E-state index contributed by atoms with van der Waals surface area (Å²) in [5.74, 6) is -0.706. The quantitative estimate of drug-likeness (QED) is 0.358. The molecule has 5 N–H and O–H groups in total. The average molecular weight is 472 g/mol. The Morgan fingerprint density at radius 2 is 1.91 bits per heavy atom. The molecular formula is C22H29N7O3S. The van der Waals surface area contributed by atoms with Crippen LogP contribution in [0.4, 0.5) is 10.8 Å². The molecule has 0 spiro atoms. The number of nitrogens with one attached hydrogen (secondary N) is 3. The zero-order valence-corrected chi connectivity index (χ0v) is 19.8. The van der Waals surface area contributed by atoms with Gasteiger partial charge in [-0.3, -0.25) is 19.8 Å². The normalized spacial score (nSPS) is 15.2. The molecule has 1 fully saturated rings. The lowest BCUT2D eigenvalue weighted by Crippen LogP contribution is -2.45. The van der Waals surface area contributed by atoms with Crippen molar-refractivity contribution in [3.63, 3.8) is 0 Å². The monoisotopic (exact) mass is 471 g/mol. The number of nitrogens with zero attached hydrogens (tertiary/aromatic N) is 3. The number of anilines is 2. The van der Waals surface area contributed by atoms with Crippen LogP contribution in [0.25, 0.3) is 0 Å². The third-order valence-corrected chi connectivity index (χ3v) is 6.30. The summed E-state index contributed by atoms with van der Waals surface area (Å²) in [5, 5.41) is 13.1. The van der Waals surface area contributed by atoms with Crippen LogP contribution < -0.4 is 16.4 Å². The number of rotatable bonds is 7. The lowest BCUT2D eigenvalue weighted by atomic mass is 10.1. The van der Waals surface area contributed by atoms with Gasteiger partial charge in [0.05, 0.1) is 5.69 Å². The van der Waals surface area contributed by atoms with Crippen molar-refractivity contribution in [2.24, 2.45) is 5.73 Å². The van der Waals surface area contributed by atoms with Crippen molar-refractivity contribution in [2.45, 2.75) is 38.6 Å². The Labute approximate surface area is 196 Å². The first-order valence-corrected chi connectivity index (χ1v) is 11.5. The molecule has 2 heterocycles. The van der Waals surface area contributed by atoms with E-state index in [1.807, 2.05) is 24.3 Å². The van der Waals surface area contributed by atoms with Gasteiger partial charge in [-0.25, -0.2) is 4.98 Å². The van der Waals surface area contributed by atoms with E-state index in [0.717, 1.165) is 23.3 Å². The number of aryl methyl sites for hydroxylation is 2. The van der Waals surface area contributed by atoms with Gasteiger partial charge in [-0.15, -0.1) is 0 Å². The second-order valence-corrected chi connectivity index (χ2v) is 9.10. The summed E-state index contributed by atoms with van der Waals surface area (Å²) in [6, 6.07) is 7.01. The Kier molecular flexibility index (Phi) is 7.64. The molecule has 33 heavy (non-hydrogen) atoms. The average Bonchev–Trinajstić information content (AvgIpc) is 3.38. The van der Waals surface area contributed by atoms with Crippen LogP contribution in [0.5, 0.6) is 0 Å². The van der Waals surface area contributed by atoms with Crippen LogP contribution in [0.15, 0.2) is 24.3 Å². The van der Waals surface area contributed by atoms with Crippen molar-refractivity contribution < 1.29 is 14.4 Å². The number of thiazole rings is 1. The van der Waals surface area contributed by atoms with Gasteiger partial charge in [0.15, 0.2) is 11.1 Å². The van der Waals surface area contributed by atoms with Gasteiger partial charge in [0.25, 0.3) is 5.91 Å². The van der Waals surface area contributed by atoms with Crippen LogP contribution in [0.2, 0.25) is 0 Å². The maximum atomic E-state index is 13.4. The first kappa shape index (κ1) is 24.2. The van der Waals surface area contributed by atoms with E-state index in [2.05, 4.69) is 15.6 Å². The summed E-state index contributed by atoms with van der Waals surface area (Å²) >= 11 is 1.14. The smallest absolute Gasteiger partial charge is 0.266 e. The predicted molar refractivity (Wildman–Crippen MR) is 129 cm³/mol. The molecule has 10 nitrogen and oxygen atoms in total. The maximum Gasteiger partial charge on any atom is 0.266 e. The molecule has 0 bridgehead atoms. The van der Waals surface area contributed by atoms with Crippen molar-refractivity contribution in [1.29, 1.82) is 5.41 Å². The van der Waals surface area contributed by atoms with Gasteiger partial charge in [0.2, 0.25) is 11.8 Å². The minimum atomic E-state index is -0.479. The number of hydrogen-bond donors (Lipinski definition) is 4. The second kappa shape index (κ2) is 10.4. The summed E-state index contributed by atoms with van der Waals surface area (Å²) in [7, 11) is 3.38. The summed E-state index contributed by atoms with van der Waals surface area (Å²) in [6.07, 6.45) is 2.53. The largest absolute Gasteiger partial charge is 0.370 e. The van der Waals surface area contributed by atoms with Crippen LogP contribution in [0, 0.1) is 5.41 Å². The Morgan fingerprint density at radius 1 is 1.21 bits per heavy atom. The van der Waals surface area contributed by atoms with Gasteiger partial charge >= 0.3 is 0 Å². The van der Waals surface area contributed by atoms with Crippen molar-refractivity contribution in [3.05, 3.63) is 40.4 Å². The van der Waals surface area contributed by atoms with Crippen LogP contribution in [-0.2, 0) is 22.4 Å². The summed E-state index contributed by atoms with van der Waals surface area (Å²) in [6.45, 7) is 1.91. The molecule has 1 aliphatic rings. The Morgan fingerprint density at radius 3 is 2.52 bits per heavy atom. The van der Waals surface area contributed by atoms with Crippen LogP contribution >= 0.6 is 11.3 Å². The minimum absolute atomic E-state index is 0.0896. The molecule has 0 saturated carbocycles. The molecule has 0 unspecified atom stereocenters. The molecule has 0 radical (unpaired) electrons. The van der Waals surface area contributed by atoms with E-state index in [0.29, 0.717) is 47.2 Å². The fourth-order valence-electron chi connectivity index (χ4n) is 3.76. The highest BCUT2D eigenvalue weighted by Crippen LogP contribution is 2.29. The molecular weight excluding hydrogens is 442 g/mol. The molecule has 2 aromatic rings. The number of benzene rings is 1. The highest BCUT2D eigenvalue weighted by Gasteiger charge is 2.37. The molecule has 0 aliphatic carbocycles. The first-order valence-electron chi connectivity index (χ1n) is 10.6. The minimum Gasteiger partial charge on any atom is -0.370 e. The molecule has 176 valence electrons. The fourth-order valence-corrected chi connectivity index (χ4v) is 4.77. The van der Waals surface area contributed by atoms with E-state index in [4.69, 9.17) is 11.1 Å². The molecule has 1 aromatic carbocycles. The lowest BCUT2D eigenvalue weighted by Gasteiger charge is -2.26. The van der Waals surface area contributed by atoms with Gasteiger partial charge in [-0.2, -0.15) is 0 Å². The number of guanidine groups is 1. The fraction of sp³-hybridized carbons (Fsp3) is 0.409. The summed E-state index contributed by atoms with van der Waals surface area (Å²) in [5.41, 5.74) is 7.69. The molecule has 1 saturated heterocycles. The number of nitrogens with two attached hydrogens (primary N) is 1. The van der Waals surface area contributed by atoms with Gasteiger partial charge < -0.3 is 26.2 Å². The molecule has 11 heteroatoms. The van der Waals surface area contributed by atoms with E-state index in [-0.39, 0.29) is 23.7 Å². The Hall–Kier alpha value is -3.47. The van der Waals surface area contributed by atoms with Crippen molar-refractivity contribution in [2.75, 3.05) is 31.3 Å². The topological polar surface area (TPSA) is 145 Å². The van der Waals surface area contributed by atoms with E-state index in [1.165, 1.54) is 11.8 Å². The summed E-state index contributed by atoms with van der Waals surface area (Å²) in [4.78, 5) is 45.6. The van der Waals surface area contributed by atoms with Crippen molar-refractivity contribution >= 4 is 45.8 Å². The number of hydrogen-bond acceptors (Lipinski definition) is 6. The summed E-state index contributed by atoms with van der Waals surface area (Å²) < 4.78 is 0. The van der Waals surface area contributed by atoms with Crippen molar-refractivity contribution in [1.82, 2.24) is 14.8 Å². The SMILES string of the molecule is CC(=O)Nc1nc(CCc2ccc(NC(=N)N)cc2)c(C(=O)N2CCC[C@@H]2C(=O)N(C)C)s1. The van der Waals surface area contributed by atoms with Gasteiger partial charge in [0, 0.05) is 33.3 Å². The number of aromatic nitrogens is 1. The van der Waals surface area contributed by atoms with E-state index < -0.39 is 6.04 Å². The third kappa shape index (κ3) is 6.07. The highest BCUT2D eigenvalue weighted by molar-refractivity contribution is 7.17. The standard InChI is InChI=1S/C22H29N7O3S/c1-13(30)25-22-27-16(11-8-14-6-9-15(10-7-14)26-21(23)24)18(33-22)20(32)29-12-4-5-17(29)19(31)28(2)3/h6-7,9-10,17H,4-5,8,11-12H2,1-3H3,(H4,23,24,26)(H,25,27,30)/t17-/m1/s1. The van der Waals surface area contributed by atoms with Gasteiger partial charge in [0.1, 0.15) is 10.9 Å². The molecule has 1 aliphatic heterocycles. The first-order chi connectivity index (χ1) is 15.7. The third-order valence-electron chi connectivity index (χ3n) is 5.30. The van der Waals surface area contributed by atoms with E-state index in [1.54, 1.807) is 19.0 Å². The van der Waals surface area contributed by atoms with Crippen LogP contribution in [0.1, 0.15) is 40.7 Å². The van der Waals surface area contributed by atoms with Gasteiger partial charge in [-0.1, -0.05) is 23.5 Å². The molecule has 1 aromatic heterocycles. The molecule has 3 rings (SSSR count). The number of carbonyl (C=O) groups excluding carboxylic acids is 3. The van der Waals surface area contributed by atoms with Crippen LogP contribution in [-0.4, -0.2) is 65.1 Å². The molecule has 1 atom stereocenters. The predicted octanol–water partition coefficient (Wildman–Crippen LogP) is 1.88. The maximum absolute atomic E-state index is 13.4. The number of likely N-dealkylation sites (tertiary alicyclic amines) is 1. The number of likely N-dealkylation sites (N-methyl/N-ethyl adjacent to an activating group) is 1. The van der Waals surface area contributed by atoms with E-state index >= 15 is 0 Å². The molecule has 3 amide bonds. The number of amides is 3. The lowest BCUT2D eigenvalue weighted by molar-refractivity contribution is -0.132. The van der Waals surface area contributed by atoms with Crippen LogP contribution in [0.3, 0.4) is 0 Å². The second-order valence-electron chi connectivity index (χ2n) is 8.10. The van der Waals surface area contributed by atoms with E-state index in [9.17, 15) is 14.4 Å². The van der Waals surface area contributed by atoms with Gasteiger partial charge in [-0.05, 0) is 43.4 Å². The number of carbonyl (C=O) groups is 3. The Bertz CT molecular complexity index is 1050. The van der Waals surface area contributed by atoms with Crippen molar-refractivity contribution in [3.8, 4) is 0 Å². The Balaban J connectivity index is 1.80.